The number of nitrogens with one attached hydrogen (secondary N) is 1. The lowest BCUT2D eigenvalue weighted by Crippen LogP contribution is -2.35. The molecule has 1 aliphatic carbocycles. The third-order valence-corrected chi connectivity index (χ3v) is 3.75. The van der Waals surface area contributed by atoms with Gasteiger partial charge in [-0.25, -0.2) is 0 Å². The van der Waals surface area contributed by atoms with Crippen molar-refractivity contribution in [2.24, 2.45) is 18.9 Å². The molecule has 1 aromatic heterocycles. The van der Waals surface area contributed by atoms with Gasteiger partial charge in [0.05, 0.1) is 0 Å². The maximum Gasteiger partial charge on any atom is 0.148 e. The van der Waals surface area contributed by atoms with Crippen molar-refractivity contribution in [2.45, 2.75) is 39.2 Å². The fourth-order valence-corrected chi connectivity index (χ4v) is 2.47. The number of rotatable bonds is 2. The van der Waals surface area contributed by atoms with Crippen molar-refractivity contribution >= 4 is 5.82 Å². The van der Waals surface area contributed by atoms with E-state index in [1.807, 2.05) is 24.0 Å². The smallest absolute Gasteiger partial charge is 0.148 e. The second-order valence-corrected chi connectivity index (χ2v) is 4.89. The van der Waals surface area contributed by atoms with E-state index in [2.05, 4.69) is 24.3 Å². The Balaban J connectivity index is 1.99. The van der Waals surface area contributed by atoms with Crippen LogP contribution in [0.2, 0.25) is 0 Å². The Bertz CT molecular complexity index is 318. The van der Waals surface area contributed by atoms with E-state index in [-0.39, 0.29) is 0 Å². The van der Waals surface area contributed by atoms with Crippen LogP contribution in [0.5, 0.6) is 0 Å². The van der Waals surface area contributed by atoms with E-state index in [4.69, 9.17) is 0 Å². The number of aromatic nitrogens is 2. The van der Waals surface area contributed by atoms with Gasteiger partial charge in [-0.15, -0.1) is 0 Å². The summed E-state index contributed by atoms with van der Waals surface area (Å²) >= 11 is 0. The number of hydrogen-bond donors (Lipinski definition) is 1. The van der Waals surface area contributed by atoms with Gasteiger partial charge < -0.3 is 5.32 Å². The van der Waals surface area contributed by atoms with Crippen molar-refractivity contribution < 1.29 is 0 Å². The summed E-state index contributed by atoms with van der Waals surface area (Å²) in [5.74, 6) is 2.60. The minimum Gasteiger partial charge on any atom is -0.366 e. The summed E-state index contributed by atoms with van der Waals surface area (Å²) in [5.41, 5.74) is 0. The highest BCUT2D eigenvalue weighted by molar-refractivity contribution is 5.33. The summed E-state index contributed by atoms with van der Waals surface area (Å²) in [6.45, 7) is 4.71. The zero-order chi connectivity index (χ0) is 10.8. The van der Waals surface area contributed by atoms with Gasteiger partial charge in [0.15, 0.2) is 0 Å². The van der Waals surface area contributed by atoms with Crippen molar-refractivity contribution in [2.75, 3.05) is 5.32 Å². The molecule has 3 heteroatoms. The Morgan fingerprint density at radius 3 is 2.87 bits per heavy atom. The van der Waals surface area contributed by atoms with Crippen LogP contribution in [0, 0.1) is 11.8 Å². The standard InChI is InChI=1S/C12H21N3/c1-9-5-4-6-11(10(9)2)13-12-7-8-15(3)14-12/h7-11H,4-6H2,1-3H3,(H,13,14). The fraction of sp³-hybridized carbons (Fsp3) is 0.750. The molecule has 0 spiro atoms. The molecule has 0 radical (unpaired) electrons. The maximum absolute atomic E-state index is 4.37. The monoisotopic (exact) mass is 207 g/mol. The van der Waals surface area contributed by atoms with Crippen LogP contribution < -0.4 is 5.32 Å². The summed E-state index contributed by atoms with van der Waals surface area (Å²) in [6.07, 6.45) is 5.99. The summed E-state index contributed by atoms with van der Waals surface area (Å²) < 4.78 is 1.85. The lowest BCUT2D eigenvalue weighted by Gasteiger charge is -2.34. The quantitative estimate of drug-likeness (QED) is 0.808. The molecule has 1 aliphatic rings. The van der Waals surface area contributed by atoms with Crippen LogP contribution >= 0.6 is 0 Å². The maximum atomic E-state index is 4.37. The van der Waals surface area contributed by atoms with Gasteiger partial charge in [-0.1, -0.05) is 26.7 Å². The molecule has 3 unspecified atom stereocenters. The van der Waals surface area contributed by atoms with Crippen molar-refractivity contribution in [3.8, 4) is 0 Å². The van der Waals surface area contributed by atoms with Gasteiger partial charge in [0.2, 0.25) is 0 Å². The normalized spacial score (nSPS) is 31.5. The van der Waals surface area contributed by atoms with E-state index < -0.39 is 0 Å². The van der Waals surface area contributed by atoms with Crippen LogP contribution in [0.25, 0.3) is 0 Å². The molecule has 1 aromatic rings. The number of nitrogens with zero attached hydrogens (tertiary/aromatic N) is 2. The van der Waals surface area contributed by atoms with Crippen LogP contribution in [0.4, 0.5) is 5.82 Å². The van der Waals surface area contributed by atoms with E-state index in [0.717, 1.165) is 17.7 Å². The van der Waals surface area contributed by atoms with Gasteiger partial charge in [0.25, 0.3) is 0 Å². The highest BCUT2D eigenvalue weighted by atomic mass is 15.3. The second kappa shape index (κ2) is 4.25. The zero-order valence-corrected chi connectivity index (χ0v) is 9.90. The molecular weight excluding hydrogens is 186 g/mol. The molecule has 1 heterocycles. The van der Waals surface area contributed by atoms with Gasteiger partial charge in [0.1, 0.15) is 5.82 Å². The SMILES string of the molecule is CC1CCCC(Nc2ccn(C)n2)C1C. The summed E-state index contributed by atoms with van der Waals surface area (Å²) in [6, 6.07) is 2.65. The molecule has 3 atom stereocenters. The first-order valence-electron chi connectivity index (χ1n) is 5.93. The third kappa shape index (κ3) is 2.33. The minimum atomic E-state index is 0.601. The molecule has 2 rings (SSSR count). The lowest BCUT2D eigenvalue weighted by molar-refractivity contribution is 0.253. The minimum absolute atomic E-state index is 0.601. The zero-order valence-electron chi connectivity index (χ0n) is 9.90. The highest BCUT2D eigenvalue weighted by Gasteiger charge is 2.27. The van der Waals surface area contributed by atoms with Crippen molar-refractivity contribution in [1.29, 1.82) is 0 Å². The predicted molar refractivity (Wildman–Crippen MR) is 62.8 cm³/mol. The molecule has 1 saturated carbocycles. The largest absolute Gasteiger partial charge is 0.366 e. The third-order valence-electron chi connectivity index (χ3n) is 3.75. The molecule has 0 aliphatic heterocycles. The Hall–Kier alpha value is -0.990. The van der Waals surface area contributed by atoms with Crippen molar-refractivity contribution in [1.82, 2.24) is 9.78 Å². The van der Waals surface area contributed by atoms with Crippen molar-refractivity contribution in [3.63, 3.8) is 0 Å². The van der Waals surface area contributed by atoms with Crippen LogP contribution in [-0.4, -0.2) is 15.8 Å². The van der Waals surface area contributed by atoms with Gasteiger partial charge in [-0.2, -0.15) is 5.10 Å². The van der Waals surface area contributed by atoms with E-state index in [1.54, 1.807) is 0 Å². The van der Waals surface area contributed by atoms with Gasteiger partial charge in [0, 0.05) is 25.4 Å². The number of hydrogen-bond acceptors (Lipinski definition) is 2. The highest BCUT2D eigenvalue weighted by Crippen LogP contribution is 2.31. The molecule has 15 heavy (non-hydrogen) atoms. The average Bonchev–Trinajstić information content (AvgIpc) is 2.59. The first kappa shape index (κ1) is 10.5. The molecule has 0 saturated heterocycles. The van der Waals surface area contributed by atoms with Gasteiger partial charge in [-0.3, -0.25) is 4.68 Å². The number of aryl methyl sites for hydroxylation is 1. The molecule has 3 nitrogen and oxygen atoms in total. The lowest BCUT2D eigenvalue weighted by atomic mass is 9.78. The number of anilines is 1. The molecule has 84 valence electrons. The van der Waals surface area contributed by atoms with Crippen LogP contribution in [-0.2, 0) is 7.05 Å². The molecule has 0 aromatic carbocycles. The van der Waals surface area contributed by atoms with E-state index >= 15 is 0 Å². The van der Waals surface area contributed by atoms with E-state index in [1.165, 1.54) is 19.3 Å². The molecule has 0 amide bonds. The topological polar surface area (TPSA) is 29.9 Å². The summed E-state index contributed by atoms with van der Waals surface area (Å²) in [7, 11) is 1.96. The van der Waals surface area contributed by atoms with E-state index in [0.29, 0.717) is 6.04 Å². The van der Waals surface area contributed by atoms with E-state index in [9.17, 15) is 0 Å². The predicted octanol–water partition coefficient (Wildman–Crippen LogP) is 2.66. The second-order valence-electron chi connectivity index (χ2n) is 4.89. The Labute approximate surface area is 91.9 Å². The van der Waals surface area contributed by atoms with Crippen LogP contribution in [0.3, 0.4) is 0 Å². The summed E-state index contributed by atoms with van der Waals surface area (Å²) in [5, 5.41) is 7.92. The van der Waals surface area contributed by atoms with Crippen LogP contribution in [0.1, 0.15) is 33.1 Å². The van der Waals surface area contributed by atoms with Crippen molar-refractivity contribution in [3.05, 3.63) is 12.3 Å². The molecule has 1 N–H and O–H groups in total. The average molecular weight is 207 g/mol. The Morgan fingerprint density at radius 2 is 2.20 bits per heavy atom. The van der Waals surface area contributed by atoms with Crippen LogP contribution in [0.15, 0.2) is 12.3 Å². The first-order chi connectivity index (χ1) is 7.16. The van der Waals surface area contributed by atoms with Gasteiger partial charge >= 0.3 is 0 Å². The molecular formula is C12H21N3. The summed E-state index contributed by atoms with van der Waals surface area (Å²) in [4.78, 5) is 0. The Morgan fingerprint density at radius 1 is 1.40 bits per heavy atom. The molecule has 1 fully saturated rings. The fourth-order valence-electron chi connectivity index (χ4n) is 2.47. The first-order valence-corrected chi connectivity index (χ1v) is 5.93. The molecule has 0 bridgehead atoms. The Kier molecular flexibility index (Phi) is 2.98. The van der Waals surface area contributed by atoms with Gasteiger partial charge in [-0.05, 0) is 18.3 Å².